The molecule has 0 saturated heterocycles. The zero-order chi connectivity index (χ0) is 7.94. The molecule has 11 heavy (non-hydrogen) atoms. The lowest BCUT2D eigenvalue weighted by Crippen LogP contribution is -2.04. The summed E-state index contributed by atoms with van der Waals surface area (Å²) < 4.78 is 0. The standard InChI is InChI=1S/C8H11N2S/c1-11-7-6-10-8-4-2-3-5-9-8/h2-3,5H,6-7H2,1H3,(H,9,10). The summed E-state index contributed by atoms with van der Waals surface area (Å²) in [7, 11) is 0. The summed E-state index contributed by atoms with van der Waals surface area (Å²) in [6, 6.07) is 6.71. The van der Waals surface area contributed by atoms with Crippen molar-refractivity contribution in [3.8, 4) is 0 Å². The van der Waals surface area contributed by atoms with Crippen molar-refractivity contribution in [2.75, 3.05) is 23.9 Å². The number of aromatic nitrogens is 1. The first kappa shape index (κ1) is 8.40. The van der Waals surface area contributed by atoms with Crippen molar-refractivity contribution in [3.63, 3.8) is 0 Å². The van der Waals surface area contributed by atoms with Crippen LogP contribution >= 0.6 is 11.8 Å². The third kappa shape index (κ3) is 3.28. The molecule has 0 fully saturated rings. The lowest BCUT2D eigenvalue weighted by atomic mass is 10.4. The van der Waals surface area contributed by atoms with Crippen LogP contribution in [-0.2, 0) is 0 Å². The van der Waals surface area contributed by atoms with Gasteiger partial charge >= 0.3 is 0 Å². The first-order chi connectivity index (χ1) is 5.43. The van der Waals surface area contributed by atoms with Crippen LogP contribution in [0.2, 0.25) is 0 Å². The van der Waals surface area contributed by atoms with Crippen molar-refractivity contribution in [1.82, 2.24) is 4.98 Å². The molecule has 1 radical (unpaired) electrons. The van der Waals surface area contributed by atoms with E-state index in [-0.39, 0.29) is 0 Å². The van der Waals surface area contributed by atoms with E-state index in [1.54, 1.807) is 6.20 Å². The van der Waals surface area contributed by atoms with E-state index in [9.17, 15) is 0 Å². The van der Waals surface area contributed by atoms with E-state index >= 15 is 0 Å². The molecular formula is C8H11N2S. The molecule has 0 bridgehead atoms. The zero-order valence-corrected chi connectivity index (χ0v) is 7.32. The highest BCUT2D eigenvalue weighted by Gasteiger charge is 1.88. The van der Waals surface area contributed by atoms with Crippen LogP contribution in [-0.4, -0.2) is 23.5 Å². The average molecular weight is 167 g/mol. The Morgan fingerprint density at radius 3 is 3.27 bits per heavy atom. The molecule has 0 unspecified atom stereocenters. The largest absolute Gasteiger partial charge is 0.369 e. The fourth-order valence-corrected chi connectivity index (χ4v) is 0.999. The van der Waals surface area contributed by atoms with Crippen molar-refractivity contribution >= 4 is 17.6 Å². The number of pyridine rings is 1. The number of thioether (sulfide) groups is 1. The highest BCUT2D eigenvalue weighted by atomic mass is 32.2. The minimum absolute atomic E-state index is 0.835. The van der Waals surface area contributed by atoms with Gasteiger partial charge in [0.2, 0.25) is 0 Å². The van der Waals surface area contributed by atoms with E-state index in [0.717, 1.165) is 18.1 Å². The number of nitrogens with one attached hydrogen (secondary N) is 1. The summed E-state index contributed by atoms with van der Waals surface area (Å²) in [6.45, 7) is 0.953. The molecule has 2 nitrogen and oxygen atoms in total. The van der Waals surface area contributed by atoms with Crippen LogP contribution < -0.4 is 5.32 Å². The van der Waals surface area contributed by atoms with Crippen LogP contribution in [0.5, 0.6) is 0 Å². The van der Waals surface area contributed by atoms with E-state index in [1.165, 1.54) is 0 Å². The van der Waals surface area contributed by atoms with Gasteiger partial charge < -0.3 is 5.32 Å². The molecule has 1 rings (SSSR count). The maximum Gasteiger partial charge on any atom is 0.133 e. The number of rotatable bonds is 4. The monoisotopic (exact) mass is 167 g/mol. The molecule has 0 saturated carbocycles. The van der Waals surface area contributed by atoms with Gasteiger partial charge in [-0.25, -0.2) is 4.98 Å². The molecular weight excluding hydrogens is 156 g/mol. The first-order valence-corrected chi connectivity index (χ1v) is 4.88. The van der Waals surface area contributed by atoms with Gasteiger partial charge in [0.15, 0.2) is 0 Å². The van der Waals surface area contributed by atoms with E-state index in [2.05, 4.69) is 22.6 Å². The summed E-state index contributed by atoms with van der Waals surface area (Å²) in [5.74, 6) is 1.94. The maximum atomic E-state index is 4.07. The quantitative estimate of drug-likeness (QED) is 0.690. The van der Waals surface area contributed by atoms with Crippen molar-refractivity contribution in [3.05, 3.63) is 24.4 Å². The summed E-state index contributed by atoms with van der Waals surface area (Å²) in [6.07, 6.45) is 3.85. The molecule has 1 aromatic rings. The normalized spacial score (nSPS) is 9.55. The second kappa shape index (κ2) is 5.02. The summed E-state index contributed by atoms with van der Waals surface area (Å²) in [5, 5.41) is 3.16. The molecule has 0 aliphatic carbocycles. The molecule has 0 aromatic carbocycles. The molecule has 0 aliphatic rings. The summed E-state index contributed by atoms with van der Waals surface area (Å²) in [5.41, 5.74) is 0. The third-order valence-electron chi connectivity index (χ3n) is 1.20. The minimum Gasteiger partial charge on any atom is -0.369 e. The molecule has 1 aromatic heterocycles. The van der Waals surface area contributed by atoms with Gasteiger partial charge in [0.1, 0.15) is 5.82 Å². The Kier molecular flexibility index (Phi) is 3.83. The Bertz CT molecular complexity index is 189. The third-order valence-corrected chi connectivity index (χ3v) is 1.82. The fraction of sp³-hybridized carbons (Fsp3) is 0.375. The zero-order valence-electron chi connectivity index (χ0n) is 6.50. The van der Waals surface area contributed by atoms with Gasteiger partial charge in [-0.05, 0) is 18.4 Å². The average Bonchev–Trinajstić information content (AvgIpc) is 2.07. The number of nitrogens with zero attached hydrogens (tertiary/aromatic N) is 1. The van der Waals surface area contributed by atoms with Crippen LogP contribution in [0.3, 0.4) is 0 Å². The second-order valence-electron chi connectivity index (χ2n) is 2.05. The van der Waals surface area contributed by atoms with Crippen molar-refractivity contribution < 1.29 is 0 Å². The van der Waals surface area contributed by atoms with Gasteiger partial charge in [0, 0.05) is 24.6 Å². The smallest absolute Gasteiger partial charge is 0.133 e. The van der Waals surface area contributed by atoms with E-state index < -0.39 is 0 Å². The second-order valence-corrected chi connectivity index (χ2v) is 3.04. The van der Waals surface area contributed by atoms with Crippen molar-refractivity contribution in [2.45, 2.75) is 0 Å². The molecule has 1 N–H and O–H groups in total. The highest BCUT2D eigenvalue weighted by molar-refractivity contribution is 7.98. The van der Waals surface area contributed by atoms with Gasteiger partial charge in [-0.2, -0.15) is 11.8 Å². The van der Waals surface area contributed by atoms with E-state index in [0.29, 0.717) is 0 Å². The molecule has 59 valence electrons. The van der Waals surface area contributed by atoms with Crippen molar-refractivity contribution in [1.29, 1.82) is 0 Å². The Hall–Kier alpha value is -0.700. The highest BCUT2D eigenvalue weighted by Crippen LogP contribution is 1.98. The number of anilines is 1. The lowest BCUT2D eigenvalue weighted by Gasteiger charge is -2.01. The van der Waals surface area contributed by atoms with Crippen LogP contribution in [0.4, 0.5) is 5.82 Å². The molecule has 0 amide bonds. The van der Waals surface area contributed by atoms with Gasteiger partial charge in [-0.15, -0.1) is 0 Å². The molecule has 1 heterocycles. The Morgan fingerprint density at radius 2 is 2.64 bits per heavy atom. The SMILES string of the molecule is CSCCNc1[c]cccn1. The number of hydrogen-bond donors (Lipinski definition) is 1. The van der Waals surface area contributed by atoms with Gasteiger partial charge in [0.05, 0.1) is 0 Å². The molecule has 3 heteroatoms. The maximum absolute atomic E-state index is 4.07. The van der Waals surface area contributed by atoms with Crippen molar-refractivity contribution in [2.24, 2.45) is 0 Å². The summed E-state index contributed by atoms with van der Waals surface area (Å²) >= 11 is 1.82. The van der Waals surface area contributed by atoms with Gasteiger partial charge in [-0.1, -0.05) is 0 Å². The first-order valence-electron chi connectivity index (χ1n) is 3.49. The fourth-order valence-electron chi connectivity index (χ4n) is 0.693. The molecule has 0 atom stereocenters. The predicted molar refractivity (Wildman–Crippen MR) is 49.9 cm³/mol. The van der Waals surface area contributed by atoms with Crippen LogP contribution in [0.15, 0.2) is 18.3 Å². The minimum atomic E-state index is 0.835. The van der Waals surface area contributed by atoms with E-state index in [4.69, 9.17) is 0 Å². The molecule has 0 spiro atoms. The van der Waals surface area contributed by atoms with Gasteiger partial charge in [0.25, 0.3) is 0 Å². The van der Waals surface area contributed by atoms with Gasteiger partial charge in [-0.3, -0.25) is 0 Å². The Morgan fingerprint density at radius 1 is 1.73 bits per heavy atom. The predicted octanol–water partition coefficient (Wildman–Crippen LogP) is 1.66. The topological polar surface area (TPSA) is 24.9 Å². The summed E-state index contributed by atoms with van der Waals surface area (Å²) in [4.78, 5) is 4.07. The van der Waals surface area contributed by atoms with Crippen LogP contribution in [0.1, 0.15) is 0 Å². The Labute approximate surface area is 71.4 Å². The van der Waals surface area contributed by atoms with Crippen LogP contribution in [0, 0.1) is 6.07 Å². The van der Waals surface area contributed by atoms with E-state index in [1.807, 2.05) is 23.9 Å². The number of hydrogen-bond acceptors (Lipinski definition) is 3. The molecule has 0 aliphatic heterocycles. The Balaban J connectivity index is 2.28. The van der Waals surface area contributed by atoms with Crippen LogP contribution in [0.25, 0.3) is 0 Å². The lowest BCUT2D eigenvalue weighted by molar-refractivity contribution is 1.17.